The van der Waals surface area contributed by atoms with E-state index in [2.05, 4.69) is 0 Å². The summed E-state index contributed by atoms with van der Waals surface area (Å²) in [7, 11) is 0. The van der Waals surface area contributed by atoms with Gasteiger partial charge in [-0.3, -0.25) is 19.0 Å². The second-order valence-corrected chi connectivity index (χ2v) is 7.77. The van der Waals surface area contributed by atoms with E-state index in [9.17, 15) is 19.5 Å². The number of para-hydroxylation sites is 2. The van der Waals surface area contributed by atoms with Gasteiger partial charge in [-0.25, -0.2) is 0 Å². The van der Waals surface area contributed by atoms with Gasteiger partial charge >= 0.3 is 0 Å². The van der Waals surface area contributed by atoms with E-state index >= 15 is 0 Å². The van der Waals surface area contributed by atoms with E-state index in [-0.39, 0.29) is 12.4 Å². The summed E-state index contributed by atoms with van der Waals surface area (Å²) in [5, 5.41) is 11.3. The monoisotopic (exact) mass is 453 g/mol. The molecule has 3 aromatic carbocycles. The highest BCUT2D eigenvalue weighted by molar-refractivity contribution is 6.29. The summed E-state index contributed by atoms with van der Waals surface area (Å²) in [6.45, 7) is 1.33. The van der Waals surface area contributed by atoms with Crippen molar-refractivity contribution < 1.29 is 24.2 Å². The van der Waals surface area contributed by atoms with E-state index in [1.807, 2.05) is 6.07 Å². The van der Waals surface area contributed by atoms with Crippen molar-refractivity contribution in [3.8, 4) is 22.9 Å². The number of rotatable bonds is 5. The zero-order valence-electron chi connectivity index (χ0n) is 18.1. The molecule has 168 valence electrons. The van der Waals surface area contributed by atoms with Gasteiger partial charge in [0.25, 0.3) is 5.56 Å². The number of ketones is 2. The van der Waals surface area contributed by atoms with Crippen LogP contribution in [-0.2, 0) is 4.79 Å². The summed E-state index contributed by atoms with van der Waals surface area (Å²) in [4.78, 5) is 39.7. The quantitative estimate of drug-likeness (QED) is 0.210. The number of carbonyl (C=O) groups is 2. The lowest BCUT2D eigenvalue weighted by atomic mass is 9.96. The standard InChI is InChI=1S/C27H19NO6/c1-16(29)20(13-17-11-12-22-23(14-17)34-15-33-22)26(31)24-25(30)19-9-5-6-10-21(19)28(27(24)32)18-7-3-2-4-8-18/h2-14,30H,15H2,1H3. The fraction of sp³-hybridized carbons (Fsp3) is 0.0741. The molecule has 1 N–H and O–H groups in total. The average Bonchev–Trinajstić information content (AvgIpc) is 3.31. The van der Waals surface area contributed by atoms with Crippen LogP contribution in [0.4, 0.5) is 0 Å². The van der Waals surface area contributed by atoms with Crippen LogP contribution < -0.4 is 15.0 Å². The highest BCUT2D eigenvalue weighted by Gasteiger charge is 2.27. The molecule has 0 bridgehead atoms. The van der Waals surface area contributed by atoms with E-state index in [0.717, 1.165) is 0 Å². The van der Waals surface area contributed by atoms with Crippen LogP contribution in [0, 0.1) is 0 Å². The Morgan fingerprint density at radius 3 is 2.41 bits per heavy atom. The third-order valence-corrected chi connectivity index (χ3v) is 5.63. The van der Waals surface area contributed by atoms with Gasteiger partial charge < -0.3 is 14.6 Å². The van der Waals surface area contributed by atoms with Crippen LogP contribution in [0.3, 0.4) is 0 Å². The van der Waals surface area contributed by atoms with Crippen LogP contribution in [0.1, 0.15) is 22.8 Å². The Bertz CT molecular complexity index is 1550. The van der Waals surface area contributed by atoms with Gasteiger partial charge in [-0.15, -0.1) is 0 Å². The number of aromatic nitrogens is 1. The Kier molecular flexibility index (Phi) is 5.22. The lowest BCUT2D eigenvalue weighted by Crippen LogP contribution is -2.27. The first-order chi connectivity index (χ1) is 16.5. The van der Waals surface area contributed by atoms with Gasteiger partial charge in [0.15, 0.2) is 17.3 Å². The number of allylic oxidation sites excluding steroid dienone is 1. The van der Waals surface area contributed by atoms with Crippen molar-refractivity contribution in [1.82, 2.24) is 4.57 Å². The first-order valence-corrected chi connectivity index (χ1v) is 10.5. The smallest absolute Gasteiger partial charge is 0.270 e. The van der Waals surface area contributed by atoms with Gasteiger partial charge in [0.05, 0.1) is 11.1 Å². The number of nitrogens with zero attached hydrogens (tertiary/aromatic N) is 1. The van der Waals surface area contributed by atoms with E-state index in [4.69, 9.17) is 9.47 Å². The third kappa shape index (κ3) is 3.53. The maximum Gasteiger partial charge on any atom is 0.270 e. The Balaban J connectivity index is 1.72. The zero-order chi connectivity index (χ0) is 23.8. The molecule has 1 aliphatic heterocycles. The van der Waals surface area contributed by atoms with Crippen LogP contribution >= 0.6 is 0 Å². The number of pyridine rings is 1. The minimum atomic E-state index is -0.858. The zero-order valence-corrected chi connectivity index (χ0v) is 18.1. The van der Waals surface area contributed by atoms with Gasteiger partial charge in [-0.05, 0) is 55.0 Å². The van der Waals surface area contributed by atoms with Gasteiger partial charge in [-0.2, -0.15) is 0 Å². The molecule has 7 heteroatoms. The third-order valence-electron chi connectivity index (χ3n) is 5.63. The minimum absolute atomic E-state index is 0.0883. The molecule has 1 aromatic heterocycles. The van der Waals surface area contributed by atoms with E-state index in [1.165, 1.54) is 17.6 Å². The Morgan fingerprint density at radius 1 is 0.941 bits per heavy atom. The van der Waals surface area contributed by atoms with Gasteiger partial charge in [-0.1, -0.05) is 36.4 Å². The fourth-order valence-electron chi connectivity index (χ4n) is 4.00. The number of benzene rings is 3. The van der Waals surface area contributed by atoms with Gasteiger partial charge in [0.1, 0.15) is 11.3 Å². The molecule has 0 spiro atoms. The maximum absolute atomic E-state index is 13.6. The highest BCUT2D eigenvalue weighted by atomic mass is 16.7. The van der Waals surface area contributed by atoms with E-state index in [1.54, 1.807) is 66.7 Å². The minimum Gasteiger partial charge on any atom is -0.506 e. The van der Waals surface area contributed by atoms with Crippen LogP contribution in [0.2, 0.25) is 0 Å². The summed E-state index contributed by atoms with van der Waals surface area (Å²) in [6.07, 6.45) is 1.38. The number of Topliss-reactive ketones (excluding diaryl/α,β-unsaturated/α-hetero) is 2. The average molecular weight is 453 g/mol. The molecule has 0 saturated heterocycles. The van der Waals surface area contributed by atoms with Crippen molar-refractivity contribution in [3.63, 3.8) is 0 Å². The largest absolute Gasteiger partial charge is 0.506 e. The summed E-state index contributed by atoms with van der Waals surface area (Å²) < 4.78 is 12.0. The number of hydrogen-bond donors (Lipinski definition) is 1. The highest BCUT2D eigenvalue weighted by Crippen LogP contribution is 2.34. The van der Waals surface area contributed by atoms with Crippen molar-refractivity contribution >= 4 is 28.5 Å². The molecule has 34 heavy (non-hydrogen) atoms. The molecule has 0 unspecified atom stereocenters. The Morgan fingerprint density at radius 2 is 1.65 bits per heavy atom. The van der Waals surface area contributed by atoms with Crippen LogP contribution in [0.5, 0.6) is 17.2 Å². The fourth-order valence-corrected chi connectivity index (χ4v) is 4.00. The van der Waals surface area contributed by atoms with Gasteiger partial charge in [0.2, 0.25) is 12.6 Å². The molecule has 7 nitrogen and oxygen atoms in total. The molecule has 0 aliphatic carbocycles. The number of hydrogen-bond acceptors (Lipinski definition) is 6. The van der Waals surface area contributed by atoms with E-state index < -0.39 is 28.4 Å². The van der Waals surface area contributed by atoms with Gasteiger partial charge in [0, 0.05) is 11.1 Å². The molecule has 0 amide bonds. The first-order valence-electron chi connectivity index (χ1n) is 10.5. The number of aromatic hydroxyl groups is 1. The molecule has 5 rings (SSSR count). The molecular weight excluding hydrogens is 434 g/mol. The molecule has 1 aliphatic rings. The molecule has 0 fully saturated rings. The summed E-state index contributed by atoms with van der Waals surface area (Å²) in [6, 6.07) is 20.5. The topological polar surface area (TPSA) is 94.8 Å². The van der Waals surface area contributed by atoms with Crippen LogP contribution in [0.25, 0.3) is 22.7 Å². The molecule has 0 radical (unpaired) electrons. The SMILES string of the molecule is CC(=O)C(=Cc1ccc2c(c1)OCO2)C(=O)c1c(O)c2ccccc2n(-c2ccccc2)c1=O. The number of fused-ring (bicyclic) bond motifs is 2. The molecule has 2 heterocycles. The van der Waals surface area contributed by atoms with Crippen molar-refractivity contribution in [3.05, 3.63) is 99.9 Å². The predicted molar refractivity (Wildman–Crippen MR) is 127 cm³/mol. The van der Waals surface area contributed by atoms with Crippen LogP contribution in [-0.4, -0.2) is 28.0 Å². The van der Waals surface area contributed by atoms with Crippen molar-refractivity contribution in [1.29, 1.82) is 0 Å². The molecule has 4 aromatic rings. The number of ether oxygens (including phenoxy) is 2. The second-order valence-electron chi connectivity index (χ2n) is 7.77. The summed E-state index contributed by atoms with van der Waals surface area (Å²) in [5.74, 6) is -0.811. The van der Waals surface area contributed by atoms with E-state index in [0.29, 0.717) is 33.7 Å². The molecular formula is C27H19NO6. The first kappa shape index (κ1) is 21.2. The Hall–Kier alpha value is -4.65. The maximum atomic E-state index is 13.6. The molecule has 0 saturated carbocycles. The lowest BCUT2D eigenvalue weighted by Gasteiger charge is -2.15. The van der Waals surface area contributed by atoms with Crippen molar-refractivity contribution in [2.75, 3.05) is 6.79 Å². The normalized spacial score (nSPS) is 12.7. The van der Waals surface area contributed by atoms with Crippen molar-refractivity contribution in [2.45, 2.75) is 6.92 Å². The van der Waals surface area contributed by atoms with Crippen LogP contribution in [0.15, 0.2) is 83.2 Å². The summed E-state index contributed by atoms with van der Waals surface area (Å²) in [5.41, 5.74) is 0.0707. The summed E-state index contributed by atoms with van der Waals surface area (Å²) >= 11 is 0. The Labute approximate surface area is 194 Å². The predicted octanol–water partition coefficient (Wildman–Crippen LogP) is 4.28. The lowest BCUT2D eigenvalue weighted by molar-refractivity contribution is -0.113. The number of carbonyl (C=O) groups excluding carboxylic acids is 2. The molecule has 0 atom stereocenters. The second kappa shape index (κ2) is 8.37. The van der Waals surface area contributed by atoms with Crippen molar-refractivity contribution in [2.24, 2.45) is 0 Å².